The highest BCUT2D eigenvalue weighted by molar-refractivity contribution is 7.99. The zero-order chi connectivity index (χ0) is 20.4. The molecule has 0 aliphatic heterocycles. The normalized spacial score (nSPS) is 11.6. The van der Waals surface area contributed by atoms with Gasteiger partial charge in [0.2, 0.25) is 0 Å². The van der Waals surface area contributed by atoms with Crippen molar-refractivity contribution in [1.29, 1.82) is 0 Å². The zero-order valence-electron chi connectivity index (χ0n) is 14.9. The number of fused-ring (bicyclic) bond motifs is 1. The van der Waals surface area contributed by atoms with Crippen LogP contribution in [0.1, 0.15) is 5.69 Å². The fraction of sp³-hybridized carbons (Fsp3) is 0.111. The fourth-order valence-electron chi connectivity index (χ4n) is 2.67. The topological polar surface area (TPSA) is 91.4 Å². The van der Waals surface area contributed by atoms with Crippen LogP contribution in [0.2, 0.25) is 0 Å². The minimum atomic E-state index is -4.55. The lowest BCUT2D eigenvalue weighted by Crippen LogP contribution is -2.09. The van der Waals surface area contributed by atoms with E-state index in [0.717, 1.165) is 6.07 Å². The van der Waals surface area contributed by atoms with Gasteiger partial charge in [0, 0.05) is 30.4 Å². The van der Waals surface area contributed by atoms with Crippen LogP contribution in [-0.2, 0) is 6.18 Å². The molecule has 0 saturated carbocycles. The molecule has 0 aliphatic rings. The standard InChI is InChI=1S/C18H14F3N7S/c1-29-28-14-9-10(5-7-22-14)24-16-11-6-8-23-15(11)26-17(27-16)12-3-2-4-13(25-12)18(19,20)21/h2-9H,1H3,(H3,22,23,24,26,27,28). The predicted octanol–water partition coefficient (Wildman–Crippen LogP) is 4.87. The molecule has 0 bridgehead atoms. The number of nitrogens with zero attached hydrogens (tertiary/aromatic N) is 4. The van der Waals surface area contributed by atoms with E-state index in [1.807, 2.05) is 6.26 Å². The van der Waals surface area contributed by atoms with E-state index in [4.69, 9.17) is 0 Å². The van der Waals surface area contributed by atoms with Crippen LogP contribution < -0.4 is 10.0 Å². The average Bonchev–Trinajstić information content (AvgIpc) is 3.17. The van der Waals surface area contributed by atoms with Gasteiger partial charge in [0.25, 0.3) is 0 Å². The summed E-state index contributed by atoms with van der Waals surface area (Å²) in [4.78, 5) is 19.6. The number of nitrogens with one attached hydrogen (secondary N) is 3. The maximum absolute atomic E-state index is 13.0. The maximum Gasteiger partial charge on any atom is 0.433 e. The minimum Gasteiger partial charge on any atom is -0.346 e. The van der Waals surface area contributed by atoms with Crippen molar-refractivity contribution in [3.05, 3.63) is 54.5 Å². The number of halogens is 3. The third kappa shape index (κ3) is 4.09. The van der Waals surface area contributed by atoms with E-state index in [9.17, 15) is 13.2 Å². The summed E-state index contributed by atoms with van der Waals surface area (Å²) in [6.07, 6.45) is 0.641. The summed E-state index contributed by atoms with van der Waals surface area (Å²) < 4.78 is 42.1. The van der Waals surface area contributed by atoms with Gasteiger partial charge >= 0.3 is 6.18 Å². The number of alkyl halides is 3. The summed E-state index contributed by atoms with van der Waals surface area (Å²) in [6.45, 7) is 0. The molecule has 0 radical (unpaired) electrons. The lowest BCUT2D eigenvalue weighted by atomic mass is 10.2. The molecule has 0 aliphatic carbocycles. The van der Waals surface area contributed by atoms with Gasteiger partial charge in [-0.3, -0.25) is 0 Å². The molecule has 4 rings (SSSR count). The first-order valence-corrected chi connectivity index (χ1v) is 9.58. The first kappa shape index (κ1) is 19.0. The number of hydrogen-bond acceptors (Lipinski definition) is 7. The van der Waals surface area contributed by atoms with Gasteiger partial charge in [-0.25, -0.2) is 19.9 Å². The molecule has 11 heteroatoms. The van der Waals surface area contributed by atoms with Crippen LogP contribution in [0, 0.1) is 0 Å². The van der Waals surface area contributed by atoms with Gasteiger partial charge < -0.3 is 15.0 Å². The largest absolute Gasteiger partial charge is 0.433 e. The molecule has 148 valence electrons. The van der Waals surface area contributed by atoms with Gasteiger partial charge in [0.1, 0.15) is 28.7 Å². The van der Waals surface area contributed by atoms with Crippen LogP contribution >= 0.6 is 11.9 Å². The van der Waals surface area contributed by atoms with Crippen LogP contribution in [0.15, 0.2) is 48.8 Å². The Morgan fingerprint density at radius 3 is 2.72 bits per heavy atom. The molecule has 4 heterocycles. The van der Waals surface area contributed by atoms with Crippen molar-refractivity contribution in [3.63, 3.8) is 0 Å². The quantitative estimate of drug-likeness (QED) is 0.399. The highest BCUT2D eigenvalue weighted by Crippen LogP contribution is 2.30. The maximum atomic E-state index is 13.0. The van der Waals surface area contributed by atoms with E-state index in [0.29, 0.717) is 28.4 Å². The highest BCUT2D eigenvalue weighted by atomic mass is 32.2. The SMILES string of the molecule is CSNc1cc(Nc2nc(-c3cccc(C(F)(F)F)n3)nc3[nH]ccc23)ccn1. The molecule has 0 fully saturated rings. The number of hydrogen-bond donors (Lipinski definition) is 3. The van der Waals surface area contributed by atoms with E-state index in [1.165, 1.54) is 24.1 Å². The first-order valence-electron chi connectivity index (χ1n) is 8.36. The molecular weight excluding hydrogens is 403 g/mol. The zero-order valence-corrected chi connectivity index (χ0v) is 15.8. The molecule has 4 aromatic rings. The van der Waals surface area contributed by atoms with E-state index >= 15 is 0 Å². The van der Waals surface area contributed by atoms with Crippen molar-refractivity contribution in [2.75, 3.05) is 16.3 Å². The molecule has 0 unspecified atom stereocenters. The van der Waals surface area contributed by atoms with Crippen molar-refractivity contribution in [1.82, 2.24) is 24.9 Å². The van der Waals surface area contributed by atoms with E-state index in [1.54, 1.807) is 30.6 Å². The Bertz CT molecular complexity index is 1160. The predicted molar refractivity (Wildman–Crippen MR) is 107 cm³/mol. The molecule has 0 saturated heterocycles. The summed E-state index contributed by atoms with van der Waals surface area (Å²) >= 11 is 1.41. The molecule has 7 nitrogen and oxygen atoms in total. The highest BCUT2D eigenvalue weighted by Gasteiger charge is 2.32. The van der Waals surface area contributed by atoms with Crippen molar-refractivity contribution >= 4 is 40.3 Å². The minimum absolute atomic E-state index is 0.0267. The molecule has 0 atom stereocenters. The molecule has 3 N–H and O–H groups in total. The smallest absolute Gasteiger partial charge is 0.346 e. The summed E-state index contributed by atoms with van der Waals surface area (Å²) in [7, 11) is 0. The van der Waals surface area contributed by atoms with Crippen molar-refractivity contribution < 1.29 is 13.2 Å². The van der Waals surface area contributed by atoms with Crippen LogP contribution in [0.4, 0.5) is 30.5 Å². The van der Waals surface area contributed by atoms with Gasteiger partial charge in [-0.15, -0.1) is 0 Å². The number of pyridine rings is 2. The lowest BCUT2D eigenvalue weighted by molar-refractivity contribution is -0.141. The molecule has 0 aromatic carbocycles. The Morgan fingerprint density at radius 2 is 1.93 bits per heavy atom. The van der Waals surface area contributed by atoms with E-state index in [-0.39, 0.29) is 11.5 Å². The Hall–Kier alpha value is -3.34. The Labute approximate surface area is 167 Å². The molecule has 4 aromatic heterocycles. The Morgan fingerprint density at radius 1 is 1.07 bits per heavy atom. The monoisotopic (exact) mass is 417 g/mol. The number of rotatable bonds is 5. The molecule has 0 spiro atoms. The summed E-state index contributed by atoms with van der Waals surface area (Å²) in [5.74, 6) is 1.17. The summed E-state index contributed by atoms with van der Waals surface area (Å²) in [5, 5.41) is 3.87. The second-order valence-corrected chi connectivity index (χ2v) is 6.51. The number of H-pyrrole nitrogens is 1. The van der Waals surface area contributed by atoms with E-state index < -0.39 is 11.9 Å². The van der Waals surface area contributed by atoms with E-state index in [2.05, 4.69) is 35.0 Å². The van der Waals surface area contributed by atoms with Crippen molar-refractivity contribution in [2.24, 2.45) is 0 Å². The van der Waals surface area contributed by atoms with Crippen LogP contribution in [0.3, 0.4) is 0 Å². The van der Waals surface area contributed by atoms with Crippen molar-refractivity contribution in [2.45, 2.75) is 6.18 Å². The average molecular weight is 417 g/mol. The molecule has 0 amide bonds. The summed E-state index contributed by atoms with van der Waals surface area (Å²) in [6, 6.07) is 8.96. The van der Waals surface area contributed by atoms with Gasteiger partial charge in [-0.1, -0.05) is 18.0 Å². The first-order chi connectivity index (χ1) is 13.9. The Kier molecular flexibility index (Phi) is 4.97. The molecule has 29 heavy (non-hydrogen) atoms. The third-order valence-corrected chi connectivity index (χ3v) is 4.33. The van der Waals surface area contributed by atoms with Gasteiger partial charge in [0.15, 0.2) is 5.82 Å². The summed E-state index contributed by atoms with van der Waals surface area (Å²) in [5.41, 5.74) is 0.217. The number of aromatic amines is 1. The Balaban J connectivity index is 1.76. The number of anilines is 3. The second kappa shape index (κ2) is 7.59. The van der Waals surface area contributed by atoms with Crippen LogP contribution in [-0.4, -0.2) is 31.2 Å². The van der Waals surface area contributed by atoms with Gasteiger partial charge in [0.05, 0.1) is 5.39 Å². The fourth-order valence-corrected chi connectivity index (χ4v) is 2.99. The lowest BCUT2D eigenvalue weighted by Gasteiger charge is -2.11. The number of aromatic nitrogens is 5. The van der Waals surface area contributed by atoms with Gasteiger partial charge in [-0.05, 0) is 24.3 Å². The molecular formula is C18H14F3N7S. The van der Waals surface area contributed by atoms with Gasteiger partial charge in [-0.2, -0.15) is 13.2 Å². The second-order valence-electron chi connectivity index (χ2n) is 5.90. The van der Waals surface area contributed by atoms with Crippen LogP contribution in [0.25, 0.3) is 22.6 Å². The van der Waals surface area contributed by atoms with Crippen LogP contribution in [0.5, 0.6) is 0 Å². The van der Waals surface area contributed by atoms with Crippen molar-refractivity contribution in [3.8, 4) is 11.5 Å². The third-order valence-electron chi connectivity index (χ3n) is 3.91.